The first-order valence-corrected chi connectivity index (χ1v) is 7.29. The van der Waals surface area contributed by atoms with Gasteiger partial charge in [0, 0.05) is 6.42 Å². The third kappa shape index (κ3) is 14.9. The zero-order valence-electron chi connectivity index (χ0n) is 11.7. The van der Waals surface area contributed by atoms with Crippen LogP contribution >= 0.6 is 0 Å². The van der Waals surface area contributed by atoms with Gasteiger partial charge in [0.25, 0.3) is 0 Å². The minimum absolute atomic E-state index is 0.234. The van der Waals surface area contributed by atoms with E-state index in [4.69, 9.17) is 5.11 Å². The Kier molecular flexibility index (Phi) is 13.2. The highest BCUT2D eigenvalue weighted by molar-refractivity contribution is 5.66. The third-order valence-corrected chi connectivity index (χ3v) is 2.85. The van der Waals surface area contributed by atoms with Crippen LogP contribution in [0.25, 0.3) is 0 Å². The second kappa shape index (κ2) is 14.0. The maximum absolute atomic E-state index is 10.3. The molecule has 0 rings (SSSR count). The average molecular weight is 252 g/mol. The first-order valence-electron chi connectivity index (χ1n) is 7.29. The van der Waals surface area contributed by atoms with Crippen molar-refractivity contribution < 1.29 is 9.90 Å². The molecule has 2 heteroatoms. The summed E-state index contributed by atoms with van der Waals surface area (Å²) in [6, 6.07) is 0. The molecule has 0 aromatic rings. The van der Waals surface area contributed by atoms with Crippen LogP contribution in [0.5, 0.6) is 0 Å². The monoisotopic (exact) mass is 252 g/mol. The Morgan fingerprint density at radius 3 is 2.17 bits per heavy atom. The van der Waals surface area contributed by atoms with E-state index in [9.17, 15) is 4.79 Å². The number of allylic oxidation sites excluding steroid dienone is 4. The van der Waals surface area contributed by atoms with E-state index in [0.29, 0.717) is 6.42 Å². The Hall–Kier alpha value is -1.05. The summed E-state index contributed by atoms with van der Waals surface area (Å²) in [6.45, 7) is 2.24. The molecule has 0 bridgehead atoms. The van der Waals surface area contributed by atoms with Gasteiger partial charge in [-0.3, -0.25) is 4.79 Å². The lowest BCUT2D eigenvalue weighted by molar-refractivity contribution is -0.136. The van der Waals surface area contributed by atoms with Gasteiger partial charge in [-0.2, -0.15) is 0 Å². The molecular formula is C16H28O2. The van der Waals surface area contributed by atoms with Gasteiger partial charge in [0.2, 0.25) is 0 Å². The lowest BCUT2D eigenvalue weighted by atomic mass is 10.1. The van der Waals surface area contributed by atoms with Crippen LogP contribution in [0.15, 0.2) is 24.3 Å². The van der Waals surface area contributed by atoms with Crippen LogP contribution < -0.4 is 0 Å². The highest BCUT2D eigenvalue weighted by Gasteiger charge is 1.90. The van der Waals surface area contributed by atoms with E-state index in [1.54, 1.807) is 0 Å². The number of hydrogen-bond acceptors (Lipinski definition) is 1. The molecule has 0 aliphatic carbocycles. The van der Waals surface area contributed by atoms with Crippen molar-refractivity contribution in [1.82, 2.24) is 0 Å². The molecule has 104 valence electrons. The van der Waals surface area contributed by atoms with Crippen molar-refractivity contribution in [3.63, 3.8) is 0 Å². The number of carboxylic acid groups (broad SMARTS) is 1. The van der Waals surface area contributed by atoms with Crippen molar-refractivity contribution in [2.75, 3.05) is 0 Å². The van der Waals surface area contributed by atoms with Crippen molar-refractivity contribution in [3.8, 4) is 0 Å². The summed E-state index contributed by atoms with van der Waals surface area (Å²) in [7, 11) is 0. The fourth-order valence-corrected chi connectivity index (χ4v) is 1.76. The smallest absolute Gasteiger partial charge is 0.303 e. The molecule has 1 N–H and O–H groups in total. The minimum atomic E-state index is -0.724. The van der Waals surface area contributed by atoms with E-state index >= 15 is 0 Å². The van der Waals surface area contributed by atoms with Gasteiger partial charge in [0.1, 0.15) is 0 Å². The van der Waals surface area contributed by atoms with Gasteiger partial charge < -0.3 is 5.11 Å². The normalized spacial score (nSPS) is 11.6. The topological polar surface area (TPSA) is 37.3 Å². The van der Waals surface area contributed by atoms with E-state index in [1.165, 1.54) is 44.9 Å². The molecular weight excluding hydrogens is 224 g/mol. The van der Waals surface area contributed by atoms with Crippen molar-refractivity contribution in [1.29, 1.82) is 0 Å². The summed E-state index contributed by atoms with van der Waals surface area (Å²) in [5.41, 5.74) is 0. The first-order chi connectivity index (χ1) is 8.77. The highest BCUT2D eigenvalue weighted by Crippen LogP contribution is 2.07. The summed E-state index contributed by atoms with van der Waals surface area (Å²) in [4.78, 5) is 10.3. The van der Waals surface area contributed by atoms with Crippen molar-refractivity contribution >= 4 is 5.97 Å². The minimum Gasteiger partial charge on any atom is -0.481 e. The molecule has 0 spiro atoms. The van der Waals surface area contributed by atoms with Crippen LogP contribution in [0.4, 0.5) is 0 Å². The summed E-state index contributed by atoms with van der Waals surface area (Å²) < 4.78 is 0. The number of carbonyl (C=O) groups is 1. The molecule has 0 heterocycles. The molecule has 0 radical (unpaired) electrons. The molecule has 0 atom stereocenters. The van der Waals surface area contributed by atoms with E-state index in [-0.39, 0.29) is 6.42 Å². The Morgan fingerprint density at radius 2 is 1.50 bits per heavy atom. The number of hydrogen-bond donors (Lipinski definition) is 1. The Balaban J connectivity index is 3.20. The third-order valence-electron chi connectivity index (χ3n) is 2.85. The molecule has 0 fully saturated rings. The summed E-state index contributed by atoms with van der Waals surface area (Å²) in [5.74, 6) is -0.724. The van der Waals surface area contributed by atoms with Gasteiger partial charge in [-0.1, -0.05) is 63.3 Å². The quantitative estimate of drug-likeness (QED) is 0.387. The van der Waals surface area contributed by atoms with Crippen LogP contribution in [0.2, 0.25) is 0 Å². The molecule has 0 aliphatic rings. The second-order valence-electron chi connectivity index (χ2n) is 4.67. The largest absolute Gasteiger partial charge is 0.481 e. The molecule has 0 aromatic carbocycles. The lowest BCUT2D eigenvalue weighted by Crippen LogP contribution is -1.91. The summed E-state index contributed by atoms with van der Waals surface area (Å²) >= 11 is 0. The van der Waals surface area contributed by atoms with Gasteiger partial charge in [0.05, 0.1) is 0 Å². The average Bonchev–Trinajstić information content (AvgIpc) is 2.34. The fraction of sp³-hybridized carbons (Fsp3) is 0.688. The Labute approximate surface area is 112 Å². The standard InChI is InChI=1S/C16H28O2/c1-2-3-4-5-6-7-8-9-10-11-12-13-14-15-16(17)18/h9-10,12-13H,2-8,11,14-15H2,1H3,(H,17,18)/b10-9-,13-12-. The number of rotatable bonds is 12. The van der Waals surface area contributed by atoms with Crippen LogP contribution in [-0.4, -0.2) is 11.1 Å². The molecule has 2 nitrogen and oxygen atoms in total. The van der Waals surface area contributed by atoms with Gasteiger partial charge in [0.15, 0.2) is 0 Å². The van der Waals surface area contributed by atoms with Crippen molar-refractivity contribution in [2.45, 2.75) is 71.1 Å². The summed E-state index contributed by atoms with van der Waals surface area (Å²) in [5, 5.41) is 8.44. The zero-order valence-corrected chi connectivity index (χ0v) is 11.7. The Morgan fingerprint density at radius 1 is 0.889 bits per heavy atom. The molecule has 0 saturated heterocycles. The van der Waals surface area contributed by atoms with Crippen LogP contribution in [-0.2, 0) is 4.79 Å². The van der Waals surface area contributed by atoms with Crippen LogP contribution in [0.3, 0.4) is 0 Å². The van der Waals surface area contributed by atoms with E-state index in [0.717, 1.165) is 6.42 Å². The lowest BCUT2D eigenvalue weighted by Gasteiger charge is -1.97. The predicted octanol–water partition coefficient (Wildman–Crippen LogP) is 5.10. The zero-order chi connectivity index (χ0) is 13.5. The first kappa shape index (κ1) is 16.9. The fourth-order valence-electron chi connectivity index (χ4n) is 1.76. The van der Waals surface area contributed by atoms with E-state index in [2.05, 4.69) is 19.1 Å². The Bertz CT molecular complexity index is 241. The van der Waals surface area contributed by atoms with Gasteiger partial charge >= 0.3 is 5.97 Å². The van der Waals surface area contributed by atoms with Crippen molar-refractivity contribution in [2.24, 2.45) is 0 Å². The predicted molar refractivity (Wildman–Crippen MR) is 77.8 cm³/mol. The van der Waals surface area contributed by atoms with Gasteiger partial charge in [-0.05, 0) is 25.7 Å². The highest BCUT2D eigenvalue weighted by atomic mass is 16.4. The second-order valence-corrected chi connectivity index (χ2v) is 4.67. The molecule has 0 unspecified atom stereocenters. The molecule has 0 aliphatic heterocycles. The summed E-state index contributed by atoms with van der Waals surface area (Å²) in [6.07, 6.45) is 19.5. The van der Waals surface area contributed by atoms with Crippen LogP contribution in [0.1, 0.15) is 71.1 Å². The number of carboxylic acids is 1. The number of unbranched alkanes of at least 4 members (excludes halogenated alkanes) is 6. The maximum Gasteiger partial charge on any atom is 0.303 e. The van der Waals surface area contributed by atoms with Crippen LogP contribution in [0, 0.1) is 0 Å². The van der Waals surface area contributed by atoms with Gasteiger partial charge in [-0.15, -0.1) is 0 Å². The molecule has 0 amide bonds. The molecule has 0 aromatic heterocycles. The molecule has 0 saturated carbocycles. The van der Waals surface area contributed by atoms with Crippen molar-refractivity contribution in [3.05, 3.63) is 24.3 Å². The van der Waals surface area contributed by atoms with E-state index in [1.807, 2.05) is 12.2 Å². The SMILES string of the molecule is CCCCCCCC/C=C\C/C=C\CCC(=O)O. The maximum atomic E-state index is 10.3. The van der Waals surface area contributed by atoms with Gasteiger partial charge in [-0.25, -0.2) is 0 Å². The number of aliphatic carboxylic acids is 1. The van der Waals surface area contributed by atoms with E-state index < -0.39 is 5.97 Å². The molecule has 18 heavy (non-hydrogen) atoms.